The fraction of sp³-hybridized carbons (Fsp3) is 0.273. The molecule has 1 aliphatic rings. The molecule has 27 heavy (non-hydrogen) atoms. The van der Waals surface area contributed by atoms with E-state index in [0.717, 1.165) is 30.8 Å². The average Bonchev–Trinajstić information content (AvgIpc) is 3.06. The minimum atomic E-state index is -0.378. The first kappa shape index (κ1) is 18.1. The van der Waals surface area contributed by atoms with E-state index >= 15 is 0 Å². The summed E-state index contributed by atoms with van der Waals surface area (Å²) in [4.78, 5) is 2.43. The minimum absolute atomic E-state index is 0.122. The van der Waals surface area contributed by atoms with Crippen molar-refractivity contribution >= 4 is 11.6 Å². The Hall–Kier alpha value is -2.30. The molecule has 1 aliphatic heterocycles. The maximum absolute atomic E-state index is 13.6. The van der Waals surface area contributed by atoms with E-state index in [-0.39, 0.29) is 16.9 Å². The monoisotopic (exact) mass is 384 g/mol. The normalized spacial score (nSPS) is 17.4. The van der Waals surface area contributed by atoms with Crippen molar-refractivity contribution in [2.24, 2.45) is 0 Å². The molecular weight excluding hydrogens is 363 g/mol. The highest BCUT2D eigenvalue weighted by molar-refractivity contribution is 6.30. The van der Waals surface area contributed by atoms with Crippen molar-refractivity contribution in [1.29, 1.82) is 0 Å². The molecule has 0 unspecified atom stereocenters. The SMILES string of the molecule is COc1ccc([C@@H]2c3cccn3CCCN2Cc2ccc(F)c(Cl)c2)cc1. The molecule has 0 saturated heterocycles. The molecule has 1 aromatic heterocycles. The van der Waals surface area contributed by atoms with Gasteiger partial charge in [0.1, 0.15) is 11.6 Å². The maximum Gasteiger partial charge on any atom is 0.141 e. The van der Waals surface area contributed by atoms with Crippen LogP contribution in [0.4, 0.5) is 4.39 Å². The largest absolute Gasteiger partial charge is 0.497 e. The lowest BCUT2D eigenvalue weighted by Crippen LogP contribution is -2.29. The predicted molar refractivity (Wildman–Crippen MR) is 106 cm³/mol. The second-order valence-corrected chi connectivity index (χ2v) is 7.28. The quantitative estimate of drug-likeness (QED) is 0.608. The van der Waals surface area contributed by atoms with Crippen molar-refractivity contribution in [3.05, 3.63) is 88.5 Å². The number of hydrogen-bond donors (Lipinski definition) is 0. The van der Waals surface area contributed by atoms with Gasteiger partial charge in [0.2, 0.25) is 0 Å². The second kappa shape index (κ2) is 7.75. The van der Waals surface area contributed by atoms with Crippen LogP contribution in [0.3, 0.4) is 0 Å². The van der Waals surface area contributed by atoms with E-state index in [9.17, 15) is 4.39 Å². The molecule has 0 bridgehead atoms. The van der Waals surface area contributed by atoms with Gasteiger partial charge in [0.05, 0.1) is 18.2 Å². The van der Waals surface area contributed by atoms with E-state index in [0.29, 0.717) is 6.54 Å². The topological polar surface area (TPSA) is 17.4 Å². The molecule has 2 heterocycles. The number of aromatic nitrogens is 1. The van der Waals surface area contributed by atoms with Crippen LogP contribution in [-0.2, 0) is 13.1 Å². The van der Waals surface area contributed by atoms with E-state index in [4.69, 9.17) is 16.3 Å². The van der Waals surface area contributed by atoms with Crippen LogP contribution in [0.1, 0.15) is 29.3 Å². The molecule has 0 fully saturated rings. The van der Waals surface area contributed by atoms with Crippen LogP contribution in [0, 0.1) is 5.82 Å². The van der Waals surface area contributed by atoms with E-state index in [2.05, 4.69) is 39.9 Å². The van der Waals surface area contributed by atoms with Gasteiger partial charge in [-0.2, -0.15) is 0 Å². The van der Waals surface area contributed by atoms with Gasteiger partial charge in [-0.15, -0.1) is 0 Å². The van der Waals surface area contributed by atoms with Crippen molar-refractivity contribution in [2.45, 2.75) is 25.6 Å². The Balaban J connectivity index is 1.71. The fourth-order valence-corrected chi connectivity index (χ4v) is 4.05. The predicted octanol–water partition coefficient (Wildman–Crippen LogP) is 5.28. The van der Waals surface area contributed by atoms with Crippen molar-refractivity contribution in [3.63, 3.8) is 0 Å². The van der Waals surface area contributed by atoms with Gasteiger partial charge >= 0.3 is 0 Å². The summed E-state index contributed by atoms with van der Waals surface area (Å²) in [6.45, 7) is 2.66. The highest BCUT2D eigenvalue weighted by Gasteiger charge is 2.27. The summed E-state index contributed by atoms with van der Waals surface area (Å²) >= 11 is 6.00. The maximum atomic E-state index is 13.6. The number of ether oxygens (including phenoxy) is 1. The van der Waals surface area contributed by atoms with Crippen LogP contribution < -0.4 is 4.74 Å². The van der Waals surface area contributed by atoms with Crippen LogP contribution >= 0.6 is 11.6 Å². The van der Waals surface area contributed by atoms with Gasteiger partial charge in [-0.3, -0.25) is 4.90 Å². The summed E-state index contributed by atoms with van der Waals surface area (Å²) < 4.78 is 21.2. The zero-order valence-corrected chi connectivity index (χ0v) is 16.0. The molecule has 0 aliphatic carbocycles. The van der Waals surface area contributed by atoms with Crippen molar-refractivity contribution in [2.75, 3.05) is 13.7 Å². The van der Waals surface area contributed by atoms with E-state index in [1.165, 1.54) is 17.3 Å². The third-order valence-corrected chi connectivity index (χ3v) is 5.45. The molecule has 0 N–H and O–H groups in total. The molecular formula is C22H22ClFN2O. The number of nitrogens with zero attached hydrogens (tertiary/aromatic N) is 2. The lowest BCUT2D eigenvalue weighted by Gasteiger charge is -2.31. The van der Waals surface area contributed by atoms with Gasteiger partial charge in [0.15, 0.2) is 0 Å². The van der Waals surface area contributed by atoms with E-state index in [1.807, 2.05) is 18.2 Å². The van der Waals surface area contributed by atoms with Crippen LogP contribution in [-0.4, -0.2) is 23.1 Å². The third-order valence-electron chi connectivity index (χ3n) is 5.16. The lowest BCUT2D eigenvalue weighted by molar-refractivity contribution is 0.220. The second-order valence-electron chi connectivity index (χ2n) is 6.87. The smallest absolute Gasteiger partial charge is 0.141 e. The van der Waals surface area contributed by atoms with Crippen LogP contribution in [0.25, 0.3) is 0 Å². The first-order valence-electron chi connectivity index (χ1n) is 9.12. The van der Waals surface area contributed by atoms with Gasteiger partial charge in [0.25, 0.3) is 0 Å². The van der Waals surface area contributed by atoms with Crippen LogP contribution in [0.2, 0.25) is 5.02 Å². The number of methoxy groups -OCH3 is 1. The Morgan fingerprint density at radius 3 is 2.67 bits per heavy atom. The number of halogens is 2. The molecule has 140 valence electrons. The molecule has 3 nitrogen and oxygen atoms in total. The molecule has 0 saturated carbocycles. The highest BCUT2D eigenvalue weighted by atomic mass is 35.5. The Bertz CT molecular complexity index is 922. The third kappa shape index (κ3) is 3.73. The molecule has 0 radical (unpaired) electrons. The van der Waals surface area contributed by atoms with Crippen LogP contribution in [0.15, 0.2) is 60.8 Å². The average molecular weight is 385 g/mol. The molecule has 0 amide bonds. The molecule has 5 heteroatoms. The number of benzene rings is 2. The van der Waals surface area contributed by atoms with Gasteiger partial charge < -0.3 is 9.30 Å². The Labute approximate surface area is 163 Å². The highest BCUT2D eigenvalue weighted by Crippen LogP contribution is 2.34. The standard InChI is InChI=1S/C22H22ClFN2O/c1-27-18-8-6-17(7-9-18)22-21-4-2-11-25(21)12-3-13-26(22)15-16-5-10-20(24)19(23)14-16/h2,4-11,14,22H,3,12-13,15H2,1H3/t22-/m1/s1. The van der Waals surface area contributed by atoms with Crippen LogP contribution in [0.5, 0.6) is 5.75 Å². The summed E-state index contributed by atoms with van der Waals surface area (Å²) in [7, 11) is 1.68. The number of aryl methyl sites for hydroxylation is 1. The van der Waals surface area contributed by atoms with Crippen molar-refractivity contribution < 1.29 is 9.13 Å². The Morgan fingerprint density at radius 2 is 1.93 bits per heavy atom. The summed E-state index contributed by atoms with van der Waals surface area (Å²) in [6, 6.07) is 17.6. The van der Waals surface area contributed by atoms with E-state index in [1.54, 1.807) is 13.2 Å². The van der Waals surface area contributed by atoms with E-state index < -0.39 is 0 Å². The summed E-state index contributed by atoms with van der Waals surface area (Å²) in [5.74, 6) is 0.469. The number of hydrogen-bond acceptors (Lipinski definition) is 2. The molecule has 4 rings (SSSR count). The van der Waals surface area contributed by atoms with Crippen molar-refractivity contribution in [3.8, 4) is 5.75 Å². The molecule has 3 aromatic rings. The Morgan fingerprint density at radius 1 is 1.11 bits per heavy atom. The summed E-state index contributed by atoms with van der Waals surface area (Å²) in [6.07, 6.45) is 3.20. The first-order chi connectivity index (χ1) is 13.2. The minimum Gasteiger partial charge on any atom is -0.497 e. The first-order valence-corrected chi connectivity index (χ1v) is 9.50. The van der Waals surface area contributed by atoms with Gasteiger partial charge in [-0.1, -0.05) is 29.8 Å². The summed E-state index contributed by atoms with van der Waals surface area (Å²) in [5, 5.41) is 0.173. The summed E-state index contributed by atoms with van der Waals surface area (Å²) in [5.41, 5.74) is 3.50. The molecule has 0 spiro atoms. The molecule has 1 atom stereocenters. The Kier molecular flexibility index (Phi) is 5.19. The van der Waals surface area contributed by atoms with Gasteiger partial charge in [-0.05, 0) is 53.9 Å². The zero-order valence-electron chi connectivity index (χ0n) is 15.2. The van der Waals surface area contributed by atoms with Gasteiger partial charge in [0, 0.05) is 31.5 Å². The van der Waals surface area contributed by atoms with Crippen molar-refractivity contribution in [1.82, 2.24) is 9.47 Å². The zero-order chi connectivity index (χ0) is 18.8. The fourth-order valence-electron chi connectivity index (χ4n) is 3.85. The number of fused-ring (bicyclic) bond motifs is 1. The molecule has 2 aromatic carbocycles. The van der Waals surface area contributed by atoms with Gasteiger partial charge in [-0.25, -0.2) is 4.39 Å². The number of rotatable bonds is 4. The lowest BCUT2D eigenvalue weighted by atomic mass is 10.0.